The van der Waals surface area contributed by atoms with E-state index >= 15 is 0 Å². The maximum atomic E-state index is 13.7. The number of carbonyl (C=O) groups is 3. The van der Waals surface area contributed by atoms with Crippen LogP contribution in [0.5, 0.6) is 5.75 Å². The summed E-state index contributed by atoms with van der Waals surface area (Å²) in [4.78, 5) is 38.3. The van der Waals surface area contributed by atoms with Gasteiger partial charge in [0.15, 0.2) is 0 Å². The van der Waals surface area contributed by atoms with Crippen molar-refractivity contribution in [2.45, 2.75) is 36.6 Å². The van der Waals surface area contributed by atoms with Crippen molar-refractivity contribution < 1.29 is 37.9 Å². The summed E-state index contributed by atoms with van der Waals surface area (Å²) in [6, 6.07) is 13.0. The molecule has 12 heteroatoms. The van der Waals surface area contributed by atoms with E-state index in [0.717, 1.165) is 4.31 Å². The Morgan fingerprint density at radius 2 is 1.70 bits per heavy atom. The van der Waals surface area contributed by atoms with Crippen LogP contribution in [0.1, 0.15) is 24.8 Å². The van der Waals surface area contributed by atoms with Crippen molar-refractivity contribution in [2.24, 2.45) is 5.92 Å². The molecule has 2 aromatic rings. The zero-order valence-electron chi connectivity index (χ0n) is 20.4. The third kappa shape index (κ3) is 7.06. The van der Waals surface area contributed by atoms with Crippen LogP contribution >= 0.6 is 0 Å². The fourth-order valence-corrected chi connectivity index (χ4v) is 5.89. The highest BCUT2D eigenvalue weighted by Crippen LogP contribution is 2.24. The van der Waals surface area contributed by atoms with Crippen LogP contribution in [0.4, 0.5) is 0 Å². The van der Waals surface area contributed by atoms with Gasteiger partial charge < -0.3 is 14.7 Å². The van der Waals surface area contributed by atoms with E-state index in [1.165, 1.54) is 36.3 Å². The molecule has 0 aliphatic carbocycles. The quantitative estimate of drug-likeness (QED) is 0.290. The van der Waals surface area contributed by atoms with Gasteiger partial charge in [0.25, 0.3) is 5.91 Å². The van der Waals surface area contributed by atoms with E-state index < -0.39 is 33.9 Å². The maximum absolute atomic E-state index is 13.7. The Kier molecular flexibility index (Phi) is 9.61. The number of likely N-dealkylation sites (tertiary alicyclic amines) is 1. The highest BCUT2D eigenvalue weighted by molar-refractivity contribution is 7.89. The fraction of sp³-hybridized carbons (Fsp3) is 0.400. The summed E-state index contributed by atoms with van der Waals surface area (Å²) < 4.78 is 33.5. The highest BCUT2D eigenvalue weighted by atomic mass is 32.2. The number of amides is 2. The third-order valence-electron chi connectivity index (χ3n) is 6.44. The molecule has 2 aromatic carbocycles. The molecule has 0 radical (unpaired) electrons. The van der Waals surface area contributed by atoms with E-state index in [0.29, 0.717) is 24.2 Å². The summed E-state index contributed by atoms with van der Waals surface area (Å²) in [7, 11) is -2.84. The van der Waals surface area contributed by atoms with E-state index in [4.69, 9.17) is 4.74 Å². The summed E-state index contributed by atoms with van der Waals surface area (Å²) in [6.07, 6.45) is 0.370. The standard InChI is InChI=1S/C25H31N3O8S/c1-36-20-7-9-21(10-8-20)37(34,35)28(22(24(30)26-33)17-18-5-3-2-4-6-18)16-13-23(29)27-14-11-19(12-15-27)25(31)32/h2-10,19,22,33H,11-17H2,1H3,(H,26,30)(H,31,32). The van der Waals surface area contributed by atoms with Gasteiger partial charge in [-0.3, -0.25) is 19.6 Å². The first-order valence-electron chi connectivity index (χ1n) is 11.8. The molecule has 0 aromatic heterocycles. The molecular formula is C25H31N3O8S. The van der Waals surface area contributed by atoms with Gasteiger partial charge >= 0.3 is 5.97 Å². The Balaban J connectivity index is 1.88. The molecule has 3 N–H and O–H groups in total. The average molecular weight is 534 g/mol. The van der Waals surface area contributed by atoms with Crippen molar-refractivity contribution in [3.05, 3.63) is 60.2 Å². The summed E-state index contributed by atoms with van der Waals surface area (Å²) in [5, 5.41) is 18.6. The van der Waals surface area contributed by atoms with Gasteiger partial charge in [0.2, 0.25) is 15.9 Å². The maximum Gasteiger partial charge on any atom is 0.306 e. The van der Waals surface area contributed by atoms with E-state index in [9.17, 15) is 33.1 Å². The number of nitrogens with one attached hydrogen (secondary N) is 1. The summed E-state index contributed by atoms with van der Waals surface area (Å²) in [5.74, 6) is -2.25. The predicted molar refractivity (Wildman–Crippen MR) is 132 cm³/mol. The van der Waals surface area contributed by atoms with Crippen LogP contribution in [-0.2, 0) is 30.8 Å². The number of carboxylic acids is 1. The summed E-state index contributed by atoms with van der Waals surface area (Å²) in [5.41, 5.74) is 2.22. The number of piperidine rings is 1. The number of carbonyl (C=O) groups excluding carboxylic acids is 2. The van der Waals surface area contributed by atoms with Gasteiger partial charge in [0.05, 0.1) is 17.9 Å². The average Bonchev–Trinajstić information content (AvgIpc) is 2.92. The lowest BCUT2D eigenvalue weighted by molar-refractivity contribution is -0.145. The molecule has 1 aliphatic heterocycles. The first-order valence-corrected chi connectivity index (χ1v) is 13.3. The molecule has 2 amide bonds. The number of methoxy groups -OCH3 is 1. The van der Waals surface area contributed by atoms with Crippen LogP contribution in [0, 0.1) is 5.92 Å². The van der Waals surface area contributed by atoms with E-state index in [1.807, 2.05) is 0 Å². The summed E-state index contributed by atoms with van der Waals surface area (Å²) >= 11 is 0. The SMILES string of the molecule is COc1ccc(S(=O)(=O)N(CCC(=O)N2CCC(C(=O)O)CC2)C(Cc2ccccc2)C(=O)NO)cc1. The number of rotatable bonds is 11. The molecule has 1 unspecified atom stereocenters. The van der Waals surface area contributed by atoms with Crippen molar-refractivity contribution in [1.29, 1.82) is 0 Å². The lowest BCUT2D eigenvalue weighted by Gasteiger charge is -2.32. The molecule has 1 fully saturated rings. The van der Waals surface area contributed by atoms with Crippen molar-refractivity contribution in [1.82, 2.24) is 14.7 Å². The van der Waals surface area contributed by atoms with Gasteiger partial charge in [-0.2, -0.15) is 4.31 Å². The lowest BCUT2D eigenvalue weighted by Crippen LogP contribution is -2.51. The normalized spacial score (nSPS) is 15.3. The molecule has 0 bridgehead atoms. The molecule has 0 spiro atoms. The number of sulfonamides is 1. The lowest BCUT2D eigenvalue weighted by atomic mass is 9.97. The number of carboxylic acid groups (broad SMARTS) is 1. The topological polar surface area (TPSA) is 154 Å². The molecular weight excluding hydrogens is 502 g/mol. The second-order valence-electron chi connectivity index (χ2n) is 8.72. The first kappa shape index (κ1) is 28.1. The van der Waals surface area contributed by atoms with Crippen molar-refractivity contribution >= 4 is 27.8 Å². The van der Waals surface area contributed by atoms with Crippen LogP contribution in [0.2, 0.25) is 0 Å². The molecule has 1 aliphatic rings. The molecule has 37 heavy (non-hydrogen) atoms. The van der Waals surface area contributed by atoms with Crippen molar-refractivity contribution in [2.75, 3.05) is 26.7 Å². The number of nitrogens with zero attached hydrogens (tertiary/aromatic N) is 2. The van der Waals surface area contributed by atoms with Gasteiger partial charge in [0, 0.05) is 26.1 Å². The third-order valence-corrected chi connectivity index (χ3v) is 8.36. The van der Waals surface area contributed by atoms with Crippen LogP contribution in [0.25, 0.3) is 0 Å². The minimum Gasteiger partial charge on any atom is -0.497 e. The molecule has 1 saturated heterocycles. The number of hydrogen-bond donors (Lipinski definition) is 3. The molecule has 200 valence electrons. The van der Waals surface area contributed by atoms with Crippen LogP contribution in [-0.4, -0.2) is 78.5 Å². The van der Waals surface area contributed by atoms with Crippen molar-refractivity contribution in [3.63, 3.8) is 0 Å². The highest BCUT2D eigenvalue weighted by Gasteiger charge is 2.37. The van der Waals surface area contributed by atoms with Crippen LogP contribution < -0.4 is 10.2 Å². The Morgan fingerprint density at radius 1 is 1.08 bits per heavy atom. The zero-order chi connectivity index (χ0) is 27.0. The Labute approximate surface area is 215 Å². The molecule has 1 heterocycles. The van der Waals surface area contributed by atoms with Crippen molar-refractivity contribution in [3.8, 4) is 5.75 Å². The Hall–Kier alpha value is -3.48. The number of hydroxylamine groups is 1. The first-order chi connectivity index (χ1) is 17.7. The smallest absolute Gasteiger partial charge is 0.306 e. The number of aliphatic carboxylic acids is 1. The van der Waals surface area contributed by atoms with E-state index in [-0.39, 0.29) is 43.3 Å². The fourth-order valence-electron chi connectivity index (χ4n) is 4.30. The van der Waals surface area contributed by atoms with Gasteiger partial charge in [0.1, 0.15) is 11.8 Å². The van der Waals surface area contributed by atoms with Gasteiger partial charge in [-0.05, 0) is 49.1 Å². The van der Waals surface area contributed by atoms with Crippen LogP contribution in [0.3, 0.4) is 0 Å². The van der Waals surface area contributed by atoms with Gasteiger partial charge in [-0.15, -0.1) is 0 Å². The van der Waals surface area contributed by atoms with Gasteiger partial charge in [-0.1, -0.05) is 30.3 Å². The largest absolute Gasteiger partial charge is 0.497 e. The number of hydrogen-bond acceptors (Lipinski definition) is 7. The predicted octanol–water partition coefficient (Wildman–Crippen LogP) is 1.52. The van der Waals surface area contributed by atoms with Crippen LogP contribution in [0.15, 0.2) is 59.5 Å². The second kappa shape index (κ2) is 12.7. The minimum absolute atomic E-state index is 0.0409. The minimum atomic E-state index is -4.29. The zero-order valence-corrected chi connectivity index (χ0v) is 21.3. The Bertz CT molecular complexity index is 1180. The van der Waals surface area contributed by atoms with E-state index in [2.05, 4.69) is 0 Å². The molecule has 11 nitrogen and oxygen atoms in total. The van der Waals surface area contributed by atoms with Gasteiger partial charge in [-0.25, -0.2) is 13.9 Å². The second-order valence-corrected chi connectivity index (χ2v) is 10.6. The molecule has 1 atom stereocenters. The summed E-state index contributed by atoms with van der Waals surface area (Å²) in [6.45, 7) is 0.189. The Morgan fingerprint density at radius 3 is 2.24 bits per heavy atom. The van der Waals surface area contributed by atoms with E-state index in [1.54, 1.807) is 35.8 Å². The molecule has 3 rings (SSSR count). The number of ether oxygens (including phenoxy) is 1. The monoisotopic (exact) mass is 533 g/mol. The molecule has 0 saturated carbocycles. The number of benzene rings is 2.